The first-order chi connectivity index (χ1) is 11.7. The number of rotatable bonds is 8. The Kier molecular flexibility index (Phi) is 5.86. The second-order valence-electron chi connectivity index (χ2n) is 6.34. The van der Waals surface area contributed by atoms with Crippen LogP contribution in [0.25, 0.3) is 0 Å². The van der Waals surface area contributed by atoms with Crippen LogP contribution in [0.1, 0.15) is 35.5 Å². The zero-order valence-corrected chi connectivity index (χ0v) is 15.4. The normalized spacial score (nSPS) is 14.7. The molecule has 2 N–H and O–H groups in total. The van der Waals surface area contributed by atoms with Crippen molar-refractivity contribution < 1.29 is 5.11 Å². The summed E-state index contributed by atoms with van der Waals surface area (Å²) >= 11 is 1.76. The molecule has 132 valence electrons. The Balaban J connectivity index is 1.47. The van der Waals surface area contributed by atoms with Crippen molar-refractivity contribution in [2.75, 3.05) is 31.1 Å². The van der Waals surface area contributed by atoms with E-state index in [2.05, 4.69) is 27.6 Å². The number of aliphatic hydroxyl groups excluding tert-OH is 1. The van der Waals surface area contributed by atoms with E-state index < -0.39 is 0 Å². The van der Waals surface area contributed by atoms with E-state index in [1.165, 1.54) is 29.2 Å². The largest absolute Gasteiger partial charge is 0.394 e. The summed E-state index contributed by atoms with van der Waals surface area (Å²) in [6, 6.07) is 0. The average molecular weight is 350 g/mol. The molecule has 0 spiro atoms. The van der Waals surface area contributed by atoms with Gasteiger partial charge in [0.1, 0.15) is 0 Å². The zero-order chi connectivity index (χ0) is 16.9. The Bertz CT molecular complexity index is 660. The van der Waals surface area contributed by atoms with Gasteiger partial charge in [0.05, 0.1) is 24.5 Å². The standard InChI is InChI=1S/C17H27N5OS/c1-13-16(14(2)22(20-13)9-10-23)11-18-6-5-15-12-24-17(19-15)21-7-3-4-8-21/h12,18,23H,3-11H2,1-2H3. The molecule has 0 aliphatic carbocycles. The van der Waals surface area contributed by atoms with Crippen molar-refractivity contribution in [2.45, 2.75) is 46.2 Å². The topological polar surface area (TPSA) is 66.2 Å². The summed E-state index contributed by atoms with van der Waals surface area (Å²) in [5.41, 5.74) is 4.59. The van der Waals surface area contributed by atoms with E-state index in [4.69, 9.17) is 10.1 Å². The Labute approximate surface area is 147 Å². The minimum absolute atomic E-state index is 0.123. The van der Waals surface area contributed by atoms with Crippen LogP contribution in [0.2, 0.25) is 0 Å². The van der Waals surface area contributed by atoms with Crippen LogP contribution in [-0.4, -0.2) is 46.1 Å². The van der Waals surface area contributed by atoms with E-state index in [0.29, 0.717) is 6.54 Å². The summed E-state index contributed by atoms with van der Waals surface area (Å²) in [5, 5.41) is 20.4. The molecule has 3 rings (SSSR count). The van der Waals surface area contributed by atoms with Crippen molar-refractivity contribution in [1.82, 2.24) is 20.1 Å². The Hall–Kier alpha value is -1.44. The number of aromatic nitrogens is 3. The van der Waals surface area contributed by atoms with Gasteiger partial charge in [0, 0.05) is 49.2 Å². The number of anilines is 1. The lowest BCUT2D eigenvalue weighted by atomic mass is 10.2. The molecular weight excluding hydrogens is 322 g/mol. The highest BCUT2D eigenvalue weighted by atomic mass is 32.1. The average Bonchev–Trinajstić information content (AvgIpc) is 3.28. The van der Waals surface area contributed by atoms with Crippen LogP contribution in [0.4, 0.5) is 5.13 Å². The molecule has 2 aromatic heterocycles. The van der Waals surface area contributed by atoms with E-state index in [0.717, 1.165) is 44.0 Å². The fourth-order valence-electron chi connectivity index (χ4n) is 3.20. The summed E-state index contributed by atoms with van der Waals surface area (Å²) in [6.07, 6.45) is 3.53. The van der Waals surface area contributed by atoms with Gasteiger partial charge in [0.15, 0.2) is 5.13 Å². The highest BCUT2D eigenvalue weighted by Gasteiger charge is 2.15. The van der Waals surface area contributed by atoms with Gasteiger partial charge in [0.2, 0.25) is 0 Å². The molecule has 1 aliphatic heterocycles. The quantitative estimate of drug-likeness (QED) is 0.713. The molecule has 1 saturated heterocycles. The lowest BCUT2D eigenvalue weighted by Crippen LogP contribution is -2.19. The number of nitrogens with one attached hydrogen (secondary N) is 1. The molecule has 2 aromatic rings. The van der Waals surface area contributed by atoms with E-state index in [1.807, 2.05) is 11.6 Å². The van der Waals surface area contributed by atoms with Crippen molar-refractivity contribution in [2.24, 2.45) is 0 Å². The maximum absolute atomic E-state index is 9.08. The van der Waals surface area contributed by atoms with Crippen molar-refractivity contribution in [3.8, 4) is 0 Å². The van der Waals surface area contributed by atoms with Crippen LogP contribution in [0.15, 0.2) is 5.38 Å². The second kappa shape index (κ2) is 8.09. The van der Waals surface area contributed by atoms with Gasteiger partial charge in [-0.3, -0.25) is 4.68 Å². The first-order valence-electron chi connectivity index (χ1n) is 8.73. The summed E-state index contributed by atoms with van der Waals surface area (Å²) < 4.78 is 1.88. The number of hydrogen-bond donors (Lipinski definition) is 2. The number of thiazole rings is 1. The van der Waals surface area contributed by atoms with Gasteiger partial charge < -0.3 is 15.3 Å². The maximum Gasteiger partial charge on any atom is 0.185 e. The fourth-order valence-corrected chi connectivity index (χ4v) is 4.11. The molecular formula is C17H27N5OS. The monoisotopic (exact) mass is 349 g/mol. The third-order valence-electron chi connectivity index (χ3n) is 4.62. The van der Waals surface area contributed by atoms with E-state index >= 15 is 0 Å². The summed E-state index contributed by atoms with van der Waals surface area (Å²) in [6.45, 7) is 8.81. The molecule has 0 amide bonds. The number of nitrogens with zero attached hydrogens (tertiary/aromatic N) is 4. The van der Waals surface area contributed by atoms with Crippen LogP contribution in [0, 0.1) is 13.8 Å². The lowest BCUT2D eigenvalue weighted by Gasteiger charge is -2.12. The van der Waals surface area contributed by atoms with Gasteiger partial charge in [-0.15, -0.1) is 11.3 Å². The predicted molar refractivity (Wildman–Crippen MR) is 97.8 cm³/mol. The summed E-state index contributed by atoms with van der Waals surface area (Å²) in [4.78, 5) is 7.15. The van der Waals surface area contributed by atoms with Gasteiger partial charge in [-0.1, -0.05) is 0 Å². The van der Waals surface area contributed by atoms with Crippen molar-refractivity contribution in [3.05, 3.63) is 28.0 Å². The first kappa shape index (κ1) is 17.4. The summed E-state index contributed by atoms with van der Waals surface area (Å²) in [7, 11) is 0. The smallest absolute Gasteiger partial charge is 0.185 e. The first-order valence-corrected chi connectivity index (χ1v) is 9.61. The van der Waals surface area contributed by atoms with Gasteiger partial charge in [-0.25, -0.2) is 4.98 Å². The van der Waals surface area contributed by atoms with E-state index in [-0.39, 0.29) is 6.61 Å². The fraction of sp³-hybridized carbons (Fsp3) is 0.647. The third kappa shape index (κ3) is 3.96. The SMILES string of the molecule is Cc1nn(CCO)c(C)c1CNCCc1csc(N2CCCC2)n1. The van der Waals surface area contributed by atoms with Crippen LogP contribution in [0.5, 0.6) is 0 Å². The summed E-state index contributed by atoms with van der Waals surface area (Å²) in [5.74, 6) is 0. The molecule has 0 atom stereocenters. The highest BCUT2D eigenvalue weighted by Crippen LogP contribution is 2.24. The van der Waals surface area contributed by atoms with Gasteiger partial charge in [-0.05, 0) is 26.7 Å². The van der Waals surface area contributed by atoms with Gasteiger partial charge in [-0.2, -0.15) is 5.10 Å². The molecule has 1 aliphatic rings. The Morgan fingerprint density at radius 1 is 1.29 bits per heavy atom. The van der Waals surface area contributed by atoms with Crippen molar-refractivity contribution in [3.63, 3.8) is 0 Å². The second-order valence-corrected chi connectivity index (χ2v) is 7.18. The minimum Gasteiger partial charge on any atom is -0.394 e. The Morgan fingerprint density at radius 3 is 2.83 bits per heavy atom. The molecule has 6 nitrogen and oxygen atoms in total. The third-order valence-corrected chi connectivity index (χ3v) is 5.57. The van der Waals surface area contributed by atoms with Crippen LogP contribution in [-0.2, 0) is 19.5 Å². The predicted octanol–water partition coefficient (Wildman–Crippen LogP) is 1.88. The molecule has 0 unspecified atom stereocenters. The molecule has 24 heavy (non-hydrogen) atoms. The molecule has 1 fully saturated rings. The van der Waals surface area contributed by atoms with Crippen LogP contribution >= 0.6 is 11.3 Å². The number of hydrogen-bond acceptors (Lipinski definition) is 6. The Morgan fingerprint density at radius 2 is 2.08 bits per heavy atom. The van der Waals surface area contributed by atoms with Crippen LogP contribution in [0.3, 0.4) is 0 Å². The number of aliphatic hydroxyl groups is 1. The molecule has 0 saturated carbocycles. The van der Waals surface area contributed by atoms with Gasteiger partial charge >= 0.3 is 0 Å². The molecule has 0 aromatic carbocycles. The minimum atomic E-state index is 0.123. The lowest BCUT2D eigenvalue weighted by molar-refractivity contribution is 0.267. The molecule has 7 heteroatoms. The van der Waals surface area contributed by atoms with Crippen molar-refractivity contribution in [1.29, 1.82) is 0 Å². The molecule has 3 heterocycles. The van der Waals surface area contributed by atoms with Crippen molar-refractivity contribution >= 4 is 16.5 Å². The maximum atomic E-state index is 9.08. The van der Waals surface area contributed by atoms with Crippen LogP contribution < -0.4 is 10.2 Å². The highest BCUT2D eigenvalue weighted by molar-refractivity contribution is 7.13. The molecule has 0 bridgehead atoms. The number of aryl methyl sites for hydroxylation is 1. The van der Waals surface area contributed by atoms with Gasteiger partial charge in [0.25, 0.3) is 0 Å². The van der Waals surface area contributed by atoms with E-state index in [9.17, 15) is 0 Å². The van der Waals surface area contributed by atoms with E-state index in [1.54, 1.807) is 11.3 Å². The molecule has 0 radical (unpaired) electrons. The zero-order valence-electron chi connectivity index (χ0n) is 14.6.